The van der Waals surface area contributed by atoms with Gasteiger partial charge in [0.25, 0.3) is 0 Å². The van der Waals surface area contributed by atoms with E-state index in [1.165, 1.54) is 11.1 Å². The van der Waals surface area contributed by atoms with Gasteiger partial charge in [-0.25, -0.2) is 0 Å². The van der Waals surface area contributed by atoms with Crippen molar-refractivity contribution in [3.63, 3.8) is 0 Å². The van der Waals surface area contributed by atoms with Gasteiger partial charge in [0.05, 0.1) is 13.0 Å². The van der Waals surface area contributed by atoms with E-state index in [0.29, 0.717) is 19.5 Å². The van der Waals surface area contributed by atoms with Gasteiger partial charge in [-0.3, -0.25) is 14.5 Å². The third-order valence-corrected chi connectivity index (χ3v) is 6.38. The number of para-hydroxylation sites is 1. The number of carbonyl (C=O) groups excluding carboxylic acids is 2. The number of nitrogens with one attached hydrogen (secondary N) is 1. The van der Waals surface area contributed by atoms with Crippen LogP contribution < -0.4 is 10.2 Å². The first kappa shape index (κ1) is 24.8. The molecule has 3 rings (SSSR count). The highest BCUT2D eigenvalue weighted by atomic mass is 16.2. The van der Waals surface area contributed by atoms with Gasteiger partial charge < -0.3 is 15.1 Å². The zero-order chi connectivity index (χ0) is 23.8. The maximum Gasteiger partial charge on any atom is 0.238 e. The van der Waals surface area contributed by atoms with Gasteiger partial charge in [0.2, 0.25) is 11.8 Å². The minimum Gasteiger partial charge on any atom is -0.378 e. The van der Waals surface area contributed by atoms with E-state index in [1.54, 1.807) is 0 Å². The van der Waals surface area contributed by atoms with Crippen molar-refractivity contribution >= 4 is 23.2 Å². The summed E-state index contributed by atoms with van der Waals surface area (Å²) in [4.78, 5) is 31.8. The lowest BCUT2D eigenvalue weighted by molar-refractivity contribution is -0.130. The highest BCUT2D eigenvalue weighted by Gasteiger charge is 2.21. The molecule has 1 aliphatic rings. The van der Waals surface area contributed by atoms with Gasteiger partial charge in [-0.15, -0.1) is 0 Å². The molecule has 2 aromatic rings. The van der Waals surface area contributed by atoms with Gasteiger partial charge in [0, 0.05) is 51.6 Å². The van der Waals surface area contributed by atoms with Crippen molar-refractivity contribution in [3.8, 4) is 0 Å². The number of carbonyl (C=O) groups is 2. The number of nitrogens with zero attached hydrogens (tertiary/aromatic N) is 3. The molecular formula is C27H38N4O2. The third-order valence-electron chi connectivity index (χ3n) is 6.38. The standard InChI is InChI=1S/C27H38N4O2/c1-5-22-9-7-10-23(6-2)27(22)28-25(32)20-30-15-8-16-31(18-17-30)26(33)19-21-11-13-24(14-12-21)29(3)4/h7,9-14H,5-6,8,15-20H2,1-4H3,(H,28,32). The summed E-state index contributed by atoms with van der Waals surface area (Å²) >= 11 is 0. The fraction of sp³-hybridized carbons (Fsp3) is 0.481. The van der Waals surface area contributed by atoms with E-state index in [1.807, 2.05) is 43.3 Å². The summed E-state index contributed by atoms with van der Waals surface area (Å²) in [6.45, 7) is 7.52. The quantitative estimate of drug-likeness (QED) is 0.668. The Labute approximate surface area is 198 Å². The van der Waals surface area contributed by atoms with Crippen LogP contribution in [0.15, 0.2) is 42.5 Å². The van der Waals surface area contributed by atoms with Crippen molar-refractivity contribution in [1.29, 1.82) is 0 Å². The molecule has 178 valence electrons. The minimum atomic E-state index is 0.0198. The number of hydrogen-bond donors (Lipinski definition) is 1. The van der Waals surface area contributed by atoms with Gasteiger partial charge in [-0.2, -0.15) is 0 Å². The molecule has 1 heterocycles. The Bertz CT molecular complexity index is 917. The van der Waals surface area contributed by atoms with Crippen LogP contribution in [0.2, 0.25) is 0 Å². The second-order valence-corrected chi connectivity index (χ2v) is 8.95. The molecule has 0 bridgehead atoms. The molecule has 2 amide bonds. The lowest BCUT2D eigenvalue weighted by Gasteiger charge is -2.22. The summed E-state index contributed by atoms with van der Waals surface area (Å²) in [6, 6.07) is 14.4. The molecule has 0 saturated carbocycles. The molecule has 6 nitrogen and oxygen atoms in total. The van der Waals surface area contributed by atoms with Crippen LogP contribution in [-0.2, 0) is 28.9 Å². The molecule has 1 saturated heterocycles. The van der Waals surface area contributed by atoms with Gasteiger partial charge in [0.15, 0.2) is 0 Å². The van der Waals surface area contributed by atoms with Gasteiger partial charge in [0.1, 0.15) is 0 Å². The van der Waals surface area contributed by atoms with Gasteiger partial charge in [-0.05, 0) is 48.1 Å². The summed E-state index contributed by atoms with van der Waals surface area (Å²) in [5, 5.41) is 3.16. The SMILES string of the molecule is CCc1cccc(CC)c1NC(=O)CN1CCCN(C(=O)Cc2ccc(N(C)C)cc2)CC1. The Balaban J connectivity index is 1.52. The van der Waals surface area contributed by atoms with Crippen LogP contribution in [0.5, 0.6) is 0 Å². The van der Waals surface area contributed by atoms with Crippen LogP contribution in [-0.4, -0.2) is 68.4 Å². The normalized spacial score (nSPS) is 14.6. The van der Waals surface area contributed by atoms with Crippen LogP contribution >= 0.6 is 0 Å². The fourth-order valence-electron chi connectivity index (χ4n) is 4.36. The van der Waals surface area contributed by atoms with Crippen molar-refractivity contribution in [2.45, 2.75) is 39.5 Å². The van der Waals surface area contributed by atoms with Crippen LogP contribution in [0.25, 0.3) is 0 Å². The molecule has 0 atom stereocenters. The highest BCUT2D eigenvalue weighted by molar-refractivity contribution is 5.93. The zero-order valence-electron chi connectivity index (χ0n) is 20.6. The summed E-state index contributed by atoms with van der Waals surface area (Å²) in [5.41, 5.74) is 5.48. The molecule has 33 heavy (non-hydrogen) atoms. The second kappa shape index (κ2) is 11.8. The van der Waals surface area contributed by atoms with Crippen LogP contribution in [0.3, 0.4) is 0 Å². The van der Waals surface area contributed by atoms with Crippen molar-refractivity contribution in [3.05, 3.63) is 59.2 Å². The van der Waals surface area contributed by atoms with Gasteiger partial charge in [-0.1, -0.05) is 44.2 Å². The van der Waals surface area contributed by atoms with E-state index in [-0.39, 0.29) is 11.8 Å². The molecule has 1 fully saturated rings. The predicted molar refractivity (Wildman–Crippen MR) is 136 cm³/mol. The predicted octanol–water partition coefficient (Wildman–Crippen LogP) is 3.59. The topological polar surface area (TPSA) is 55.9 Å². The Kier molecular flexibility index (Phi) is 8.89. The van der Waals surface area contributed by atoms with Crippen LogP contribution in [0.1, 0.15) is 37.0 Å². The van der Waals surface area contributed by atoms with Crippen molar-refractivity contribution in [1.82, 2.24) is 9.80 Å². The molecule has 0 aliphatic carbocycles. The van der Waals surface area contributed by atoms with E-state index in [0.717, 1.165) is 55.8 Å². The van der Waals surface area contributed by atoms with E-state index in [4.69, 9.17) is 0 Å². The van der Waals surface area contributed by atoms with E-state index in [2.05, 4.69) is 47.2 Å². The second-order valence-electron chi connectivity index (χ2n) is 8.95. The minimum absolute atomic E-state index is 0.0198. The molecule has 0 aromatic heterocycles. The fourth-order valence-corrected chi connectivity index (χ4v) is 4.36. The average molecular weight is 451 g/mol. The third kappa shape index (κ3) is 6.81. The summed E-state index contributed by atoms with van der Waals surface area (Å²) in [7, 11) is 4.02. The Morgan fingerprint density at radius 1 is 0.909 bits per heavy atom. The molecule has 2 aromatic carbocycles. The van der Waals surface area contributed by atoms with E-state index < -0.39 is 0 Å². The molecule has 0 spiro atoms. The maximum atomic E-state index is 12.9. The summed E-state index contributed by atoms with van der Waals surface area (Å²) in [5.74, 6) is 0.176. The lowest BCUT2D eigenvalue weighted by Crippen LogP contribution is -2.38. The largest absolute Gasteiger partial charge is 0.378 e. The van der Waals surface area contributed by atoms with E-state index >= 15 is 0 Å². The number of hydrogen-bond acceptors (Lipinski definition) is 4. The number of anilines is 2. The zero-order valence-corrected chi connectivity index (χ0v) is 20.6. The smallest absolute Gasteiger partial charge is 0.238 e. The molecule has 0 unspecified atom stereocenters. The van der Waals surface area contributed by atoms with Crippen molar-refractivity contribution < 1.29 is 9.59 Å². The van der Waals surface area contributed by atoms with Crippen molar-refractivity contribution in [2.75, 3.05) is 57.0 Å². The Hall–Kier alpha value is -2.86. The summed E-state index contributed by atoms with van der Waals surface area (Å²) in [6.07, 6.45) is 3.08. The number of benzene rings is 2. The van der Waals surface area contributed by atoms with E-state index in [9.17, 15) is 9.59 Å². The first-order valence-electron chi connectivity index (χ1n) is 12.1. The summed E-state index contributed by atoms with van der Waals surface area (Å²) < 4.78 is 0. The number of aryl methyl sites for hydroxylation is 2. The van der Waals surface area contributed by atoms with Crippen molar-refractivity contribution in [2.24, 2.45) is 0 Å². The molecule has 1 N–H and O–H groups in total. The maximum absolute atomic E-state index is 12.9. The number of amides is 2. The Morgan fingerprint density at radius 3 is 2.18 bits per heavy atom. The first-order chi connectivity index (χ1) is 15.9. The Morgan fingerprint density at radius 2 is 1.58 bits per heavy atom. The lowest BCUT2D eigenvalue weighted by atomic mass is 10.0. The van der Waals surface area contributed by atoms with Crippen LogP contribution in [0, 0.1) is 0 Å². The monoisotopic (exact) mass is 450 g/mol. The van der Waals surface area contributed by atoms with Gasteiger partial charge >= 0.3 is 0 Å². The molecule has 1 aliphatic heterocycles. The highest BCUT2D eigenvalue weighted by Crippen LogP contribution is 2.22. The first-order valence-corrected chi connectivity index (χ1v) is 12.1. The molecule has 6 heteroatoms. The molecule has 0 radical (unpaired) electrons. The average Bonchev–Trinajstić information content (AvgIpc) is 3.05. The number of rotatable bonds is 8. The molecular weight excluding hydrogens is 412 g/mol. The van der Waals surface area contributed by atoms with Crippen LogP contribution in [0.4, 0.5) is 11.4 Å².